The smallest absolute Gasteiger partial charge is 0.219 e. The fraction of sp³-hybridized carbons (Fsp3) is 0.214. The molecule has 2 unspecified atom stereocenters. The van der Waals surface area contributed by atoms with Crippen LogP contribution in [0.3, 0.4) is 0 Å². The van der Waals surface area contributed by atoms with Gasteiger partial charge in [0.25, 0.3) is 0 Å². The summed E-state index contributed by atoms with van der Waals surface area (Å²) in [5, 5.41) is 0. The van der Waals surface area contributed by atoms with Gasteiger partial charge in [-0.15, -0.1) is 0 Å². The van der Waals surface area contributed by atoms with Crippen LogP contribution < -0.4 is 0 Å². The molecule has 0 radical (unpaired) electrons. The molecule has 0 aromatic heterocycles. The van der Waals surface area contributed by atoms with Crippen LogP contribution in [0.1, 0.15) is 17.3 Å². The third kappa shape index (κ3) is 3.04. The monoisotopic (exact) mass is 230 g/mol. The minimum absolute atomic E-state index is 0.0443. The predicted molar refractivity (Wildman–Crippen MR) is 64.5 cm³/mol. The highest BCUT2D eigenvalue weighted by atomic mass is 16.7. The molecule has 0 N–H and O–H groups in total. The minimum Gasteiger partial charge on any atom is -0.469 e. The van der Waals surface area contributed by atoms with Gasteiger partial charge in [0.1, 0.15) is 6.10 Å². The van der Waals surface area contributed by atoms with Crippen molar-refractivity contribution in [3.63, 3.8) is 0 Å². The second kappa shape index (κ2) is 5.46. The van der Waals surface area contributed by atoms with Crippen molar-refractivity contribution in [2.45, 2.75) is 19.3 Å². The Hall–Kier alpha value is -1.87. The van der Waals surface area contributed by atoms with E-state index in [2.05, 4.69) is 0 Å². The van der Waals surface area contributed by atoms with Crippen LogP contribution in [-0.2, 0) is 9.47 Å². The molecule has 1 aromatic rings. The van der Waals surface area contributed by atoms with Gasteiger partial charge in [-0.1, -0.05) is 36.4 Å². The maximum absolute atomic E-state index is 12.0. The summed E-state index contributed by atoms with van der Waals surface area (Å²) in [4.78, 5) is 12.0. The Balaban J connectivity index is 1.96. The molecule has 17 heavy (non-hydrogen) atoms. The molecule has 2 rings (SSSR count). The zero-order chi connectivity index (χ0) is 12.1. The lowest BCUT2D eigenvalue weighted by atomic mass is 10.1. The maximum atomic E-state index is 12.0. The molecule has 1 aromatic carbocycles. The van der Waals surface area contributed by atoms with Crippen LogP contribution in [0.25, 0.3) is 0 Å². The molecule has 0 bridgehead atoms. The summed E-state index contributed by atoms with van der Waals surface area (Å²) in [6.45, 7) is 1.73. The highest BCUT2D eigenvalue weighted by Crippen LogP contribution is 2.11. The van der Waals surface area contributed by atoms with Crippen LogP contribution >= 0.6 is 0 Å². The van der Waals surface area contributed by atoms with Gasteiger partial charge in [-0.25, -0.2) is 0 Å². The largest absolute Gasteiger partial charge is 0.469 e. The number of allylic oxidation sites excluding steroid dienone is 2. The van der Waals surface area contributed by atoms with E-state index in [1.165, 1.54) is 0 Å². The Morgan fingerprint density at radius 3 is 2.71 bits per heavy atom. The first-order valence-electron chi connectivity index (χ1n) is 5.51. The van der Waals surface area contributed by atoms with Gasteiger partial charge >= 0.3 is 0 Å². The number of carbonyl (C=O) groups is 1. The summed E-state index contributed by atoms with van der Waals surface area (Å²) in [5.74, 6) is -0.0443. The first-order valence-corrected chi connectivity index (χ1v) is 5.51. The van der Waals surface area contributed by atoms with Crippen molar-refractivity contribution in [3.05, 3.63) is 60.4 Å². The topological polar surface area (TPSA) is 35.5 Å². The van der Waals surface area contributed by atoms with Gasteiger partial charge in [0.15, 0.2) is 5.78 Å². The third-order valence-electron chi connectivity index (χ3n) is 2.44. The third-order valence-corrected chi connectivity index (χ3v) is 2.44. The van der Waals surface area contributed by atoms with E-state index in [-0.39, 0.29) is 5.78 Å². The number of ketones is 1. The van der Waals surface area contributed by atoms with Crippen molar-refractivity contribution in [2.24, 2.45) is 0 Å². The molecule has 0 aliphatic carbocycles. The Bertz CT molecular complexity index is 434. The van der Waals surface area contributed by atoms with E-state index in [0.29, 0.717) is 5.56 Å². The average Bonchev–Trinajstić information content (AvgIpc) is 2.40. The fourth-order valence-electron chi connectivity index (χ4n) is 1.55. The molecule has 3 heteroatoms. The number of carbonyl (C=O) groups excluding carboxylic acids is 1. The first kappa shape index (κ1) is 11.6. The van der Waals surface area contributed by atoms with Crippen molar-refractivity contribution in [1.82, 2.24) is 0 Å². The summed E-state index contributed by atoms with van der Waals surface area (Å²) < 4.78 is 10.7. The Labute approximate surface area is 100 Å². The molecular formula is C14H14O3. The van der Waals surface area contributed by atoms with Crippen molar-refractivity contribution in [1.29, 1.82) is 0 Å². The van der Waals surface area contributed by atoms with E-state index in [4.69, 9.17) is 9.47 Å². The molecule has 0 fully saturated rings. The van der Waals surface area contributed by atoms with Gasteiger partial charge in [-0.05, 0) is 19.1 Å². The quantitative estimate of drug-likeness (QED) is 0.746. The Kier molecular flexibility index (Phi) is 3.73. The molecule has 2 atom stereocenters. The van der Waals surface area contributed by atoms with E-state index < -0.39 is 12.4 Å². The van der Waals surface area contributed by atoms with Gasteiger partial charge < -0.3 is 9.47 Å². The van der Waals surface area contributed by atoms with Gasteiger partial charge in [-0.3, -0.25) is 4.79 Å². The second-order valence-electron chi connectivity index (χ2n) is 3.73. The number of hydrogen-bond acceptors (Lipinski definition) is 3. The minimum atomic E-state index is -0.529. The van der Waals surface area contributed by atoms with Crippen molar-refractivity contribution >= 4 is 5.78 Å². The van der Waals surface area contributed by atoms with Crippen LogP contribution in [0.15, 0.2) is 54.8 Å². The molecule has 0 spiro atoms. The van der Waals surface area contributed by atoms with Crippen molar-refractivity contribution in [2.75, 3.05) is 0 Å². The van der Waals surface area contributed by atoms with Crippen LogP contribution in [-0.4, -0.2) is 18.2 Å². The number of benzene rings is 1. The molecule has 3 nitrogen and oxygen atoms in total. The van der Waals surface area contributed by atoms with E-state index in [0.717, 1.165) is 0 Å². The fourth-order valence-corrected chi connectivity index (χ4v) is 1.55. The molecule has 1 aliphatic heterocycles. The summed E-state index contributed by atoms with van der Waals surface area (Å²) >= 11 is 0. The molecule has 0 saturated carbocycles. The van der Waals surface area contributed by atoms with E-state index in [9.17, 15) is 4.79 Å². The van der Waals surface area contributed by atoms with Crippen LogP contribution in [0.2, 0.25) is 0 Å². The van der Waals surface area contributed by atoms with Crippen molar-refractivity contribution in [3.8, 4) is 0 Å². The number of Topliss-reactive ketones (excluding diaryl/α,β-unsaturated/α-hetero) is 1. The lowest BCUT2D eigenvalue weighted by Crippen LogP contribution is -2.27. The van der Waals surface area contributed by atoms with Gasteiger partial charge in [0.05, 0.1) is 6.26 Å². The second-order valence-corrected chi connectivity index (χ2v) is 3.73. The Morgan fingerprint density at radius 2 is 2.06 bits per heavy atom. The Morgan fingerprint density at radius 1 is 1.29 bits per heavy atom. The summed E-state index contributed by atoms with van der Waals surface area (Å²) in [5.41, 5.74) is 0.648. The molecule has 1 aliphatic rings. The molecule has 0 saturated heterocycles. The maximum Gasteiger partial charge on any atom is 0.219 e. The van der Waals surface area contributed by atoms with E-state index in [1.807, 2.05) is 24.3 Å². The first-order chi connectivity index (χ1) is 8.27. The predicted octanol–water partition coefficient (Wildman–Crippen LogP) is 2.70. The zero-order valence-corrected chi connectivity index (χ0v) is 9.58. The molecule has 1 heterocycles. The highest BCUT2D eigenvalue weighted by molar-refractivity contribution is 5.99. The summed E-state index contributed by atoms with van der Waals surface area (Å²) in [6.07, 6.45) is 5.89. The lowest BCUT2D eigenvalue weighted by Gasteiger charge is -2.19. The van der Waals surface area contributed by atoms with Crippen LogP contribution in [0, 0.1) is 0 Å². The van der Waals surface area contributed by atoms with E-state index >= 15 is 0 Å². The normalized spacial score (nSPS) is 19.7. The molecule has 88 valence electrons. The highest BCUT2D eigenvalue weighted by Gasteiger charge is 2.19. The standard InChI is InChI=1S/C14H14O3/c1-11(17-13-9-5-6-10-16-13)14(15)12-7-3-2-4-8-12/h2-11,13H,1H3. The average molecular weight is 230 g/mol. The number of rotatable bonds is 4. The van der Waals surface area contributed by atoms with E-state index in [1.54, 1.807) is 37.5 Å². The molecular weight excluding hydrogens is 216 g/mol. The lowest BCUT2D eigenvalue weighted by molar-refractivity contribution is -0.0944. The SMILES string of the molecule is CC(OC1C=CC=CO1)C(=O)c1ccccc1. The number of ether oxygens (including phenoxy) is 2. The zero-order valence-electron chi connectivity index (χ0n) is 9.58. The van der Waals surface area contributed by atoms with Gasteiger partial charge in [-0.2, -0.15) is 0 Å². The van der Waals surface area contributed by atoms with Crippen LogP contribution in [0.5, 0.6) is 0 Å². The summed E-state index contributed by atoms with van der Waals surface area (Å²) in [6, 6.07) is 9.10. The molecule has 0 amide bonds. The van der Waals surface area contributed by atoms with Gasteiger partial charge in [0, 0.05) is 5.56 Å². The summed E-state index contributed by atoms with van der Waals surface area (Å²) in [7, 11) is 0. The number of hydrogen-bond donors (Lipinski definition) is 0. The van der Waals surface area contributed by atoms with Gasteiger partial charge in [0.2, 0.25) is 6.29 Å². The van der Waals surface area contributed by atoms with Crippen LogP contribution in [0.4, 0.5) is 0 Å². The van der Waals surface area contributed by atoms with Crippen molar-refractivity contribution < 1.29 is 14.3 Å².